The predicted octanol–water partition coefficient (Wildman–Crippen LogP) is 1.98. The molecular formula is C14H23FN2O2S. The fraction of sp³-hybridized carbons (Fsp3) is 0.571. The highest BCUT2D eigenvalue weighted by atomic mass is 32.2. The van der Waals surface area contributed by atoms with E-state index in [9.17, 15) is 12.8 Å². The molecule has 1 aromatic carbocycles. The van der Waals surface area contributed by atoms with Crippen molar-refractivity contribution in [3.05, 3.63) is 35.6 Å². The number of hydrogen-bond acceptors (Lipinski definition) is 3. The van der Waals surface area contributed by atoms with Crippen molar-refractivity contribution >= 4 is 10.0 Å². The van der Waals surface area contributed by atoms with E-state index in [1.54, 1.807) is 18.2 Å². The van der Waals surface area contributed by atoms with Crippen LogP contribution in [0.15, 0.2) is 24.3 Å². The lowest BCUT2D eigenvalue weighted by Crippen LogP contribution is -2.31. The molecule has 0 atom stereocenters. The molecule has 4 nitrogen and oxygen atoms in total. The van der Waals surface area contributed by atoms with E-state index < -0.39 is 10.0 Å². The van der Waals surface area contributed by atoms with Crippen molar-refractivity contribution in [3.63, 3.8) is 0 Å². The summed E-state index contributed by atoms with van der Waals surface area (Å²) >= 11 is 0. The van der Waals surface area contributed by atoms with E-state index in [0.717, 1.165) is 0 Å². The Balaban J connectivity index is 2.53. The lowest BCUT2D eigenvalue weighted by molar-refractivity contribution is 0.453. The number of nitrogens with one attached hydrogen (secondary N) is 1. The molecule has 0 unspecified atom stereocenters. The van der Waals surface area contributed by atoms with Crippen LogP contribution in [-0.2, 0) is 16.6 Å². The monoisotopic (exact) mass is 302 g/mol. The van der Waals surface area contributed by atoms with E-state index in [1.807, 2.05) is 13.8 Å². The van der Waals surface area contributed by atoms with Gasteiger partial charge in [0.25, 0.3) is 0 Å². The number of benzene rings is 1. The van der Waals surface area contributed by atoms with Gasteiger partial charge >= 0.3 is 0 Å². The van der Waals surface area contributed by atoms with Crippen molar-refractivity contribution in [3.8, 4) is 0 Å². The van der Waals surface area contributed by atoms with Gasteiger partial charge in [-0.15, -0.1) is 0 Å². The van der Waals surface area contributed by atoms with E-state index in [1.165, 1.54) is 17.4 Å². The van der Waals surface area contributed by atoms with Gasteiger partial charge in [0.15, 0.2) is 0 Å². The summed E-state index contributed by atoms with van der Waals surface area (Å²) < 4.78 is 38.8. The number of sulfonamides is 1. The molecule has 0 aromatic heterocycles. The van der Waals surface area contributed by atoms with Crippen molar-refractivity contribution < 1.29 is 12.8 Å². The van der Waals surface area contributed by atoms with E-state index >= 15 is 0 Å². The Labute approximate surface area is 121 Å². The van der Waals surface area contributed by atoms with Crippen LogP contribution in [0.1, 0.15) is 25.8 Å². The number of halogens is 1. The molecular weight excluding hydrogens is 279 g/mol. The van der Waals surface area contributed by atoms with Gasteiger partial charge in [-0.25, -0.2) is 17.1 Å². The highest BCUT2D eigenvalue weighted by molar-refractivity contribution is 7.89. The molecule has 0 aliphatic carbocycles. The van der Waals surface area contributed by atoms with E-state index in [0.29, 0.717) is 24.6 Å². The highest BCUT2D eigenvalue weighted by Crippen LogP contribution is 2.12. The van der Waals surface area contributed by atoms with Gasteiger partial charge in [0.1, 0.15) is 5.82 Å². The summed E-state index contributed by atoms with van der Waals surface area (Å²) in [4.78, 5) is 0. The maximum Gasteiger partial charge on any atom is 0.214 e. The van der Waals surface area contributed by atoms with Gasteiger partial charge in [0.2, 0.25) is 10.0 Å². The normalized spacial score (nSPS) is 12.3. The standard InChI is InChI=1S/C14H23FN2O2S/c1-12(2)16-9-6-10-20(18,19)17(3)11-13-7-4-5-8-14(13)15/h4-5,7-8,12,16H,6,9-11H2,1-3H3. The molecule has 1 aromatic rings. The van der Waals surface area contributed by atoms with Crippen molar-refractivity contribution in [1.29, 1.82) is 0 Å². The average Bonchev–Trinajstić information content (AvgIpc) is 2.37. The predicted molar refractivity (Wildman–Crippen MR) is 79.4 cm³/mol. The van der Waals surface area contributed by atoms with Crippen LogP contribution in [-0.4, -0.2) is 38.1 Å². The van der Waals surface area contributed by atoms with Crippen LogP contribution in [0.3, 0.4) is 0 Å². The van der Waals surface area contributed by atoms with Gasteiger partial charge in [-0.05, 0) is 19.0 Å². The molecule has 0 aliphatic rings. The van der Waals surface area contributed by atoms with Crippen LogP contribution in [0, 0.1) is 5.82 Å². The maximum atomic E-state index is 13.5. The minimum Gasteiger partial charge on any atom is -0.314 e. The summed E-state index contributed by atoms with van der Waals surface area (Å²) in [5.41, 5.74) is 0.388. The first kappa shape index (κ1) is 17.1. The summed E-state index contributed by atoms with van der Waals surface area (Å²) in [5.74, 6) is -0.312. The van der Waals surface area contributed by atoms with Gasteiger partial charge in [-0.2, -0.15) is 0 Å². The zero-order valence-electron chi connectivity index (χ0n) is 12.3. The summed E-state index contributed by atoms with van der Waals surface area (Å²) in [6.07, 6.45) is 0.544. The molecule has 6 heteroatoms. The molecule has 0 saturated carbocycles. The Hall–Kier alpha value is -0.980. The van der Waals surface area contributed by atoms with Gasteiger partial charge in [0, 0.05) is 25.2 Å². The van der Waals surface area contributed by atoms with Gasteiger partial charge in [0.05, 0.1) is 5.75 Å². The van der Waals surface area contributed by atoms with E-state index in [4.69, 9.17) is 0 Å². The second-order valence-corrected chi connectivity index (χ2v) is 7.32. The molecule has 0 radical (unpaired) electrons. The third kappa shape index (κ3) is 5.56. The molecule has 0 saturated heterocycles. The Morgan fingerprint density at radius 3 is 2.55 bits per heavy atom. The topological polar surface area (TPSA) is 49.4 Å². The molecule has 0 bridgehead atoms. The lowest BCUT2D eigenvalue weighted by Gasteiger charge is -2.18. The SMILES string of the molecule is CC(C)NCCCS(=O)(=O)N(C)Cc1ccccc1F. The van der Waals surface area contributed by atoms with Crippen LogP contribution in [0.2, 0.25) is 0 Å². The minimum atomic E-state index is -3.35. The average molecular weight is 302 g/mol. The van der Waals surface area contributed by atoms with E-state index in [2.05, 4.69) is 5.32 Å². The quantitative estimate of drug-likeness (QED) is 0.747. The molecule has 0 heterocycles. The Kier molecular flexibility index (Phi) is 6.58. The molecule has 114 valence electrons. The van der Waals surface area contributed by atoms with E-state index in [-0.39, 0.29) is 18.1 Å². The first-order valence-electron chi connectivity index (χ1n) is 6.73. The zero-order valence-corrected chi connectivity index (χ0v) is 13.1. The van der Waals surface area contributed by atoms with Crippen molar-refractivity contribution in [2.45, 2.75) is 32.9 Å². The summed E-state index contributed by atoms with van der Waals surface area (Å²) in [6, 6.07) is 6.56. The Morgan fingerprint density at radius 1 is 1.30 bits per heavy atom. The van der Waals surface area contributed by atoms with Crippen molar-refractivity contribution in [2.24, 2.45) is 0 Å². The minimum absolute atomic E-state index is 0.0621. The number of nitrogens with zero attached hydrogens (tertiary/aromatic N) is 1. The number of rotatable bonds is 8. The fourth-order valence-corrected chi connectivity index (χ4v) is 2.92. The molecule has 0 amide bonds. The molecule has 1 N–H and O–H groups in total. The second-order valence-electron chi connectivity index (χ2n) is 5.13. The van der Waals surface area contributed by atoms with Crippen molar-refractivity contribution in [2.75, 3.05) is 19.3 Å². The summed E-state index contributed by atoms with van der Waals surface area (Å²) in [7, 11) is -1.86. The van der Waals surface area contributed by atoms with Crippen LogP contribution in [0.25, 0.3) is 0 Å². The molecule has 0 aliphatic heterocycles. The molecule has 0 spiro atoms. The largest absolute Gasteiger partial charge is 0.314 e. The van der Waals surface area contributed by atoms with Gasteiger partial charge in [-0.3, -0.25) is 0 Å². The lowest BCUT2D eigenvalue weighted by atomic mass is 10.2. The molecule has 20 heavy (non-hydrogen) atoms. The molecule has 0 fully saturated rings. The Morgan fingerprint density at radius 2 is 1.95 bits per heavy atom. The summed E-state index contributed by atoms with van der Waals surface area (Å²) in [6.45, 7) is 4.74. The first-order chi connectivity index (χ1) is 9.33. The second kappa shape index (κ2) is 7.71. The number of hydrogen-bond donors (Lipinski definition) is 1. The third-order valence-electron chi connectivity index (χ3n) is 2.96. The van der Waals surface area contributed by atoms with Crippen LogP contribution in [0.5, 0.6) is 0 Å². The molecule has 1 rings (SSSR count). The maximum absolute atomic E-state index is 13.5. The van der Waals surface area contributed by atoms with Gasteiger partial charge < -0.3 is 5.32 Å². The van der Waals surface area contributed by atoms with Crippen LogP contribution >= 0.6 is 0 Å². The third-order valence-corrected chi connectivity index (χ3v) is 4.84. The van der Waals surface area contributed by atoms with Crippen LogP contribution < -0.4 is 5.32 Å². The van der Waals surface area contributed by atoms with Gasteiger partial charge in [-0.1, -0.05) is 32.0 Å². The summed E-state index contributed by atoms with van der Waals surface area (Å²) in [5, 5.41) is 3.17. The fourth-order valence-electron chi connectivity index (χ4n) is 1.77. The Bertz CT molecular complexity index is 518. The first-order valence-corrected chi connectivity index (χ1v) is 8.34. The highest BCUT2D eigenvalue weighted by Gasteiger charge is 2.18. The van der Waals surface area contributed by atoms with Crippen molar-refractivity contribution in [1.82, 2.24) is 9.62 Å². The van der Waals surface area contributed by atoms with Crippen LogP contribution in [0.4, 0.5) is 4.39 Å². The smallest absolute Gasteiger partial charge is 0.214 e. The zero-order chi connectivity index (χ0) is 15.2.